The van der Waals surface area contributed by atoms with Gasteiger partial charge < -0.3 is 5.32 Å². The summed E-state index contributed by atoms with van der Waals surface area (Å²) in [6.45, 7) is 1.38. The average Bonchev–Trinajstić information content (AvgIpc) is 3.18. The number of rotatable bonds is 6. The molecule has 1 aliphatic rings. The van der Waals surface area contributed by atoms with E-state index in [1.54, 1.807) is 16.9 Å². The van der Waals surface area contributed by atoms with Crippen LogP contribution < -0.4 is 5.32 Å². The van der Waals surface area contributed by atoms with Gasteiger partial charge in [0, 0.05) is 48.7 Å². The SMILES string of the molecule is Fc1cccc(-n2cc(CNCc3cnc(C4CCCCC4)nc3)cn2)c1. The van der Waals surface area contributed by atoms with E-state index in [0.29, 0.717) is 24.7 Å². The first-order valence-corrected chi connectivity index (χ1v) is 9.59. The van der Waals surface area contributed by atoms with Gasteiger partial charge >= 0.3 is 0 Å². The lowest BCUT2D eigenvalue weighted by atomic mass is 9.89. The Hall–Kier alpha value is -2.60. The molecule has 1 aliphatic carbocycles. The Bertz CT molecular complexity index is 868. The van der Waals surface area contributed by atoms with Gasteiger partial charge in [-0.25, -0.2) is 19.0 Å². The molecule has 0 saturated heterocycles. The maximum Gasteiger partial charge on any atom is 0.131 e. The second-order valence-corrected chi connectivity index (χ2v) is 7.16. The number of hydrogen-bond donors (Lipinski definition) is 1. The predicted molar refractivity (Wildman–Crippen MR) is 102 cm³/mol. The molecule has 0 aliphatic heterocycles. The first-order chi connectivity index (χ1) is 13.3. The van der Waals surface area contributed by atoms with Gasteiger partial charge in [0.15, 0.2) is 0 Å². The van der Waals surface area contributed by atoms with Crippen LogP contribution in [0.4, 0.5) is 4.39 Å². The van der Waals surface area contributed by atoms with E-state index in [1.165, 1.54) is 44.2 Å². The molecule has 2 aromatic heterocycles. The molecule has 0 atom stereocenters. The summed E-state index contributed by atoms with van der Waals surface area (Å²) < 4.78 is 15.0. The lowest BCUT2D eigenvalue weighted by Crippen LogP contribution is -2.14. The fourth-order valence-corrected chi connectivity index (χ4v) is 3.59. The largest absolute Gasteiger partial charge is 0.308 e. The monoisotopic (exact) mass is 365 g/mol. The molecule has 1 fully saturated rings. The molecule has 0 spiro atoms. The molecule has 0 unspecified atom stereocenters. The smallest absolute Gasteiger partial charge is 0.131 e. The van der Waals surface area contributed by atoms with Crippen LogP contribution in [0, 0.1) is 5.82 Å². The summed E-state index contributed by atoms with van der Waals surface area (Å²) in [6, 6.07) is 6.41. The van der Waals surface area contributed by atoms with Gasteiger partial charge in [0.05, 0.1) is 11.9 Å². The minimum Gasteiger partial charge on any atom is -0.308 e. The number of hydrogen-bond acceptors (Lipinski definition) is 4. The Kier molecular flexibility index (Phi) is 5.53. The van der Waals surface area contributed by atoms with Crippen molar-refractivity contribution in [1.29, 1.82) is 0 Å². The maximum absolute atomic E-state index is 13.3. The molecule has 0 bridgehead atoms. The summed E-state index contributed by atoms with van der Waals surface area (Å²) in [5, 5.41) is 7.69. The van der Waals surface area contributed by atoms with Gasteiger partial charge in [0.2, 0.25) is 0 Å². The minimum atomic E-state index is -0.264. The number of benzene rings is 1. The second kappa shape index (κ2) is 8.39. The number of halogens is 1. The van der Waals surface area contributed by atoms with Crippen LogP contribution in [-0.4, -0.2) is 19.7 Å². The summed E-state index contributed by atoms with van der Waals surface area (Å²) in [7, 11) is 0. The molecule has 1 N–H and O–H groups in total. The van der Waals surface area contributed by atoms with Crippen LogP contribution in [0.5, 0.6) is 0 Å². The zero-order chi connectivity index (χ0) is 18.5. The van der Waals surface area contributed by atoms with Gasteiger partial charge in [-0.05, 0) is 31.0 Å². The van der Waals surface area contributed by atoms with E-state index < -0.39 is 0 Å². The van der Waals surface area contributed by atoms with Gasteiger partial charge in [-0.3, -0.25) is 0 Å². The Labute approximate surface area is 158 Å². The molecule has 1 saturated carbocycles. The van der Waals surface area contributed by atoms with Crippen molar-refractivity contribution in [3.8, 4) is 5.69 Å². The fourth-order valence-electron chi connectivity index (χ4n) is 3.59. The first kappa shape index (κ1) is 17.8. The van der Waals surface area contributed by atoms with Crippen molar-refractivity contribution in [2.75, 3.05) is 0 Å². The topological polar surface area (TPSA) is 55.6 Å². The molecular weight excluding hydrogens is 341 g/mol. The van der Waals surface area contributed by atoms with Crippen molar-refractivity contribution in [3.63, 3.8) is 0 Å². The van der Waals surface area contributed by atoms with Crippen molar-refractivity contribution in [2.45, 2.75) is 51.1 Å². The van der Waals surface area contributed by atoms with Gasteiger partial charge in [-0.15, -0.1) is 0 Å². The van der Waals surface area contributed by atoms with Crippen molar-refractivity contribution in [1.82, 2.24) is 25.1 Å². The molecule has 0 radical (unpaired) electrons. The quantitative estimate of drug-likeness (QED) is 0.713. The third-order valence-electron chi connectivity index (χ3n) is 5.06. The highest BCUT2D eigenvalue weighted by Gasteiger charge is 2.17. The molecule has 27 heavy (non-hydrogen) atoms. The number of aromatic nitrogens is 4. The van der Waals surface area contributed by atoms with Gasteiger partial charge in [-0.1, -0.05) is 25.3 Å². The van der Waals surface area contributed by atoms with Crippen LogP contribution in [0.25, 0.3) is 5.69 Å². The van der Waals surface area contributed by atoms with Crippen LogP contribution in [0.1, 0.15) is 55.0 Å². The van der Waals surface area contributed by atoms with Crippen LogP contribution in [0.2, 0.25) is 0 Å². The Morgan fingerprint density at radius 2 is 1.78 bits per heavy atom. The van der Waals surface area contributed by atoms with E-state index in [-0.39, 0.29) is 5.82 Å². The normalized spacial score (nSPS) is 15.1. The lowest BCUT2D eigenvalue weighted by Gasteiger charge is -2.20. The zero-order valence-electron chi connectivity index (χ0n) is 15.3. The number of nitrogens with one attached hydrogen (secondary N) is 1. The molecule has 0 amide bonds. The van der Waals surface area contributed by atoms with Crippen molar-refractivity contribution < 1.29 is 4.39 Å². The third-order valence-corrected chi connectivity index (χ3v) is 5.06. The van der Waals surface area contributed by atoms with Gasteiger partial charge in [0.1, 0.15) is 11.6 Å². The molecular formula is C21H24FN5. The van der Waals surface area contributed by atoms with Crippen LogP contribution in [-0.2, 0) is 13.1 Å². The van der Waals surface area contributed by atoms with Crippen LogP contribution in [0.15, 0.2) is 49.1 Å². The third kappa shape index (κ3) is 4.57. The molecule has 2 heterocycles. The highest BCUT2D eigenvalue weighted by Crippen LogP contribution is 2.30. The van der Waals surface area contributed by atoms with E-state index >= 15 is 0 Å². The van der Waals surface area contributed by atoms with E-state index in [9.17, 15) is 4.39 Å². The Morgan fingerprint density at radius 1 is 1.00 bits per heavy atom. The van der Waals surface area contributed by atoms with E-state index in [1.807, 2.05) is 24.7 Å². The predicted octanol–water partition coefficient (Wildman–Crippen LogP) is 4.14. The van der Waals surface area contributed by atoms with Gasteiger partial charge in [0.25, 0.3) is 0 Å². The highest BCUT2D eigenvalue weighted by molar-refractivity contribution is 5.31. The fraction of sp³-hybridized carbons (Fsp3) is 0.381. The van der Waals surface area contributed by atoms with E-state index in [0.717, 1.165) is 17.0 Å². The second-order valence-electron chi connectivity index (χ2n) is 7.16. The Balaban J connectivity index is 1.30. The summed E-state index contributed by atoms with van der Waals surface area (Å²) in [4.78, 5) is 9.15. The van der Waals surface area contributed by atoms with Crippen LogP contribution in [0.3, 0.4) is 0 Å². The van der Waals surface area contributed by atoms with Crippen molar-refractivity contribution >= 4 is 0 Å². The molecule has 1 aromatic carbocycles. The summed E-state index contributed by atoms with van der Waals surface area (Å²) >= 11 is 0. The average molecular weight is 365 g/mol. The van der Waals surface area contributed by atoms with E-state index in [4.69, 9.17) is 0 Å². The van der Waals surface area contributed by atoms with E-state index in [2.05, 4.69) is 20.4 Å². The first-order valence-electron chi connectivity index (χ1n) is 9.59. The molecule has 140 valence electrons. The highest BCUT2D eigenvalue weighted by atomic mass is 19.1. The zero-order valence-corrected chi connectivity index (χ0v) is 15.3. The summed E-state index contributed by atoms with van der Waals surface area (Å²) in [6.07, 6.45) is 13.9. The maximum atomic E-state index is 13.3. The molecule has 5 nitrogen and oxygen atoms in total. The lowest BCUT2D eigenvalue weighted by molar-refractivity contribution is 0.428. The molecule has 3 aromatic rings. The van der Waals surface area contributed by atoms with Crippen molar-refractivity contribution in [3.05, 3.63) is 71.8 Å². The summed E-state index contributed by atoms with van der Waals surface area (Å²) in [5.41, 5.74) is 2.83. The molecule has 4 rings (SSSR count). The van der Waals surface area contributed by atoms with Crippen LogP contribution >= 0.6 is 0 Å². The van der Waals surface area contributed by atoms with Gasteiger partial charge in [-0.2, -0.15) is 5.10 Å². The minimum absolute atomic E-state index is 0.264. The summed E-state index contributed by atoms with van der Waals surface area (Å²) in [5.74, 6) is 1.27. The number of nitrogens with zero attached hydrogens (tertiary/aromatic N) is 4. The Morgan fingerprint density at radius 3 is 2.56 bits per heavy atom. The standard InChI is InChI=1S/C21H24FN5/c22-19-7-4-8-20(9-19)27-15-17(14-26-27)11-23-10-16-12-24-21(25-13-16)18-5-2-1-3-6-18/h4,7-9,12-15,18,23H,1-3,5-6,10-11H2. The molecule has 6 heteroatoms. The van der Waals surface area contributed by atoms with Crippen molar-refractivity contribution in [2.24, 2.45) is 0 Å².